The van der Waals surface area contributed by atoms with Crippen LogP contribution in [0.25, 0.3) is 11.6 Å². The normalized spacial score (nSPS) is 15.5. The smallest absolute Gasteiger partial charge is 0.416 e. The number of benzene rings is 1. The van der Waals surface area contributed by atoms with Crippen molar-refractivity contribution in [2.45, 2.75) is 12.7 Å². The van der Waals surface area contributed by atoms with Gasteiger partial charge in [-0.3, -0.25) is 15.0 Å². The maximum atomic E-state index is 12.9. The summed E-state index contributed by atoms with van der Waals surface area (Å²) in [5, 5.41) is 15.2. The predicted octanol–water partition coefficient (Wildman–Crippen LogP) is 3.58. The summed E-state index contributed by atoms with van der Waals surface area (Å²) < 4.78 is 49.1. The zero-order valence-corrected chi connectivity index (χ0v) is 15.5. The molecule has 3 aromatic rings. The van der Waals surface area contributed by atoms with Crippen molar-refractivity contribution in [2.24, 2.45) is 0 Å². The molecule has 0 spiro atoms. The molecule has 158 valence electrons. The van der Waals surface area contributed by atoms with Gasteiger partial charge < -0.3 is 13.8 Å². The molecule has 30 heavy (non-hydrogen) atoms. The van der Waals surface area contributed by atoms with Crippen LogP contribution in [0.3, 0.4) is 0 Å². The molecule has 3 heterocycles. The van der Waals surface area contributed by atoms with Crippen LogP contribution in [0.1, 0.15) is 11.5 Å². The van der Waals surface area contributed by atoms with Gasteiger partial charge in [-0.15, -0.1) is 0 Å². The molecule has 9 nitrogen and oxygen atoms in total. The van der Waals surface area contributed by atoms with Crippen LogP contribution in [-0.2, 0) is 12.7 Å². The summed E-state index contributed by atoms with van der Waals surface area (Å²) >= 11 is 0. The van der Waals surface area contributed by atoms with Crippen molar-refractivity contribution in [1.82, 2.24) is 15.0 Å². The summed E-state index contributed by atoms with van der Waals surface area (Å²) in [7, 11) is 0. The summed E-state index contributed by atoms with van der Waals surface area (Å²) in [6.45, 7) is 2.25. The Morgan fingerprint density at radius 3 is 2.57 bits per heavy atom. The molecule has 0 radical (unpaired) electrons. The molecular weight excluding hydrogens is 407 g/mol. The molecule has 0 saturated carbocycles. The van der Waals surface area contributed by atoms with E-state index < -0.39 is 22.4 Å². The van der Waals surface area contributed by atoms with Crippen LogP contribution >= 0.6 is 0 Å². The molecule has 0 atom stereocenters. The van der Waals surface area contributed by atoms with Gasteiger partial charge >= 0.3 is 6.18 Å². The fraction of sp³-hybridized carbons (Fsp3) is 0.333. The average molecular weight is 423 g/mol. The highest BCUT2D eigenvalue weighted by molar-refractivity contribution is 5.65. The molecule has 0 unspecified atom stereocenters. The van der Waals surface area contributed by atoms with Gasteiger partial charge in [-0.25, -0.2) is 0 Å². The molecule has 1 aliphatic rings. The largest absolute Gasteiger partial charge is 0.461 e. The Kier molecular flexibility index (Phi) is 5.16. The monoisotopic (exact) mass is 423 g/mol. The van der Waals surface area contributed by atoms with E-state index in [4.69, 9.17) is 8.94 Å². The first-order valence-electron chi connectivity index (χ1n) is 9.00. The maximum absolute atomic E-state index is 12.9. The summed E-state index contributed by atoms with van der Waals surface area (Å²) in [5.74, 6) is 1.23. The number of furan rings is 1. The van der Waals surface area contributed by atoms with Crippen LogP contribution in [-0.4, -0.2) is 46.1 Å². The molecule has 4 rings (SSSR count). The standard InChI is InChI=1S/C18H16F3N5O4/c19-18(20,21)12-3-4-13(14(10-12)26(27)28)25-7-5-24(6-8-25)11-16-22-17(23-30-16)15-2-1-9-29-15/h1-4,9-10H,5-8,11H2. The van der Waals surface area contributed by atoms with Gasteiger partial charge in [-0.2, -0.15) is 18.2 Å². The maximum Gasteiger partial charge on any atom is 0.416 e. The van der Waals surface area contributed by atoms with Crippen molar-refractivity contribution in [3.05, 3.63) is 58.2 Å². The fourth-order valence-electron chi connectivity index (χ4n) is 3.28. The molecule has 1 saturated heterocycles. The van der Waals surface area contributed by atoms with Gasteiger partial charge in [0.1, 0.15) is 5.69 Å². The molecule has 0 aliphatic carbocycles. The van der Waals surface area contributed by atoms with Gasteiger partial charge in [0.2, 0.25) is 11.7 Å². The van der Waals surface area contributed by atoms with Crippen molar-refractivity contribution in [2.75, 3.05) is 31.1 Å². The van der Waals surface area contributed by atoms with Crippen LogP contribution < -0.4 is 4.90 Å². The van der Waals surface area contributed by atoms with Gasteiger partial charge in [0.25, 0.3) is 5.69 Å². The summed E-state index contributed by atoms with van der Waals surface area (Å²) in [6.07, 6.45) is -3.13. The number of halogens is 3. The predicted molar refractivity (Wildman–Crippen MR) is 97.6 cm³/mol. The molecule has 0 bridgehead atoms. The Morgan fingerprint density at radius 2 is 1.93 bits per heavy atom. The van der Waals surface area contributed by atoms with Crippen molar-refractivity contribution >= 4 is 11.4 Å². The first kappa shape index (κ1) is 19.9. The van der Waals surface area contributed by atoms with Crippen LogP contribution in [0.2, 0.25) is 0 Å². The molecular formula is C18H16F3N5O4. The number of aromatic nitrogens is 2. The average Bonchev–Trinajstić information content (AvgIpc) is 3.39. The highest BCUT2D eigenvalue weighted by atomic mass is 19.4. The molecule has 1 aliphatic heterocycles. The van der Waals surface area contributed by atoms with Gasteiger partial charge in [-0.1, -0.05) is 5.16 Å². The fourth-order valence-corrected chi connectivity index (χ4v) is 3.28. The van der Waals surface area contributed by atoms with E-state index in [1.807, 2.05) is 4.90 Å². The number of anilines is 1. The van der Waals surface area contributed by atoms with E-state index in [0.29, 0.717) is 56.3 Å². The Morgan fingerprint density at radius 1 is 1.17 bits per heavy atom. The molecule has 2 aromatic heterocycles. The second kappa shape index (κ2) is 7.78. The molecule has 0 amide bonds. The zero-order valence-electron chi connectivity index (χ0n) is 15.5. The SMILES string of the molecule is O=[N+]([O-])c1cc(C(F)(F)F)ccc1N1CCN(Cc2nc(-c3ccco3)no2)CC1. The van der Waals surface area contributed by atoms with Crippen molar-refractivity contribution in [1.29, 1.82) is 0 Å². The van der Waals surface area contributed by atoms with Gasteiger partial charge in [0.15, 0.2) is 5.76 Å². The summed E-state index contributed by atoms with van der Waals surface area (Å²) in [4.78, 5) is 18.5. The van der Waals surface area contributed by atoms with E-state index >= 15 is 0 Å². The van der Waals surface area contributed by atoms with Crippen LogP contribution in [0.15, 0.2) is 45.5 Å². The zero-order chi connectivity index (χ0) is 21.3. The number of nitrogens with zero attached hydrogens (tertiary/aromatic N) is 5. The van der Waals surface area contributed by atoms with Crippen molar-refractivity contribution in [3.63, 3.8) is 0 Å². The van der Waals surface area contributed by atoms with E-state index in [2.05, 4.69) is 10.1 Å². The minimum atomic E-state index is -4.64. The van der Waals surface area contributed by atoms with E-state index in [-0.39, 0.29) is 5.69 Å². The summed E-state index contributed by atoms with van der Waals surface area (Å²) in [5.41, 5.74) is -1.43. The number of hydrogen-bond donors (Lipinski definition) is 0. The molecule has 1 fully saturated rings. The Bertz CT molecular complexity index is 1030. The van der Waals surface area contributed by atoms with Gasteiger partial charge in [0.05, 0.1) is 23.3 Å². The Labute approximate surface area is 167 Å². The van der Waals surface area contributed by atoms with E-state index in [1.54, 1.807) is 17.0 Å². The van der Waals surface area contributed by atoms with Gasteiger partial charge in [-0.05, 0) is 24.3 Å². The lowest BCUT2D eigenvalue weighted by molar-refractivity contribution is -0.384. The highest BCUT2D eigenvalue weighted by Gasteiger charge is 2.34. The number of piperazine rings is 1. The van der Waals surface area contributed by atoms with E-state index in [1.165, 1.54) is 6.26 Å². The second-order valence-electron chi connectivity index (χ2n) is 6.71. The first-order chi connectivity index (χ1) is 14.3. The number of alkyl halides is 3. The van der Waals surface area contributed by atoms with E-state index in [9.17, 15) is 23.3 Å². The lowest BCUT2D eigenvalue weighted by Gasteiger charge is -2.35. The number of hydrogen-bond acceptors (Lipinski definition) is 8. The van der Waals surface area contributed by atoms with Crippen LogP contribution in [0.5, 0.6) is 0 Å². The van der Waals surface area contributed by atoms with Crippen molar-refractivity contribution < 1.29 is 27.0 Å². The van der Waals surface area contributed by atoms with Crippen LogP contribution in [0.4, 0.5) is 24.5 Å². The van der Waals surface area contributed by atoms with E-state index in [0.717, 1.165) is 12.1 Å². The minimum absolute atomic E-state index is 0.172. The number of rotatable bonds is 5. The Balaban J connectivity index is 1.42. The highest BCUT2D eigenvalue weighted by Crippen LogP contribution is 2.36. The first-order valence-corrected chi connectivity index (χ1v) is 9.00. The minimum Gasteiger partial charge on any atom is -0.461 e. The molecule has 12 heteroatoms. The quantitative estimate of drug-likeness (QED) is 0.453. The van der Waals surface area contributed by atoms with Crippen molar-refractivity contribution in [3.8, 4) is 11.6 Å². The van der Waals surface area contributed by atoms with Crippen LogP contribution in [0, 0.1) is 10.1 Å². The molecule has 1 aromatic carbocycles. The number of nitro benzene ring substituents is 1. The third-order valence-electron chi connectivity index (χ3n) is 4.78. The topological polar surface area (TPSA) is 102 Å². The Hall–Kier alpha value is -3.41. The lowest BCUT2D eigenvalue weighted by Crippen LogP contribution is -2.46. The summed E-state index contributed by atoms with van der Waals surface area (Å²) in [6, 6.07) is 6.03. The lowest BCUT2D eigenvalue weighted by atomic mass is 10.1. The second-order valence-corrected chi connectivity index (χ2v) is 6.71. The third kappa shape index (κ3) is 4.13. The third-order valence-corrected chi connectivity index (χ3v) is 4.78. The molecule has 0 N–H and O–H groups in total. The number of nitro groups is 1. The van der Waals surface area contributed by atoms with Gasteiger partial charge in [0, 0.05) is 32.2 Å².